The molecule has 0 aliphatic carbocycles. The maximum atomic E-state index is 13.6. The number of rotatable bonds is 5. The van der Waals surface area contributed by atoms with E-state index in [-0.39, 0.29) is 29.8 Å². The number of carbonyl (C=O) groups is 1. The minimum Gasteiger partial charge on any atom is -1.00 e. The first-order chi connectivity index (χ1) is 12.6. The highest BCUT2D eigenvalue weighted by atomic mass is 35.5. The van der Waals surface area contributed by atoms with Crippen LogP contribution in [0.4, 0.5) is 8.78 Å². The number of hydrogen-bond donors (Lipinski definition) is 2. The van der Waals surface area contributed by atoms with E-state index in [9.17, 15) is 13.6 Å². The Morgan fingerprint density at radius 3 is 2.59 bits per heavy atom. The molecule has 4 rings (SSSR count). The molecule has 2 aromatic carbocycles. The molecule has 0 amide bonds. The van der Waals surface area contributed by atoms with Crippen LogP contribution in [0.3, 0.4) is 0 Å². The number of carbonyl (C=O) groups excluding carboxylic acids is 1. The van der Waals surface area contributed by atoms with Crippen LogP contribution in [0.1, 0.15) is 34.5 Å². The Kier molecular flexibility index (Phi) is 5.92. The average Bonchev–Trinajstić information content (AvgIpc) is 2.99. The molecule has 1 aromatic heterocycles. The number of fused-ring (bicyclic) bond motifs is 3. The Hall–Kier alpha value is -2.24. The number of nitrogens with one attached hydrogen (secondary N) is 2. The van der Waals surface area contributed by atoms with Crippen LogP contribution >= 0.6 is 0 Å². The molecule has 0 saturated heterocycles. The third kappa shape index (κ3) is 4.20. The summed E-state index contributed by atoms with van der Waals surface area (Å²) in [5.41, 5.74) is 3.96. The first kappa shape index (κ1) is 19.5. The molecular formula is C21H21ClF2N2O. The second-order valence-electron chi connectivity index (χ2n) is 6.98. The van der Waals surface area contributed by atoms with E-state index in [2.05, 4.69) is 4.98 Å². The van der Waals surface area contributed by atoms with Crippen molar-refractivity contribution in [2.45, 2.75) is 25.8 Å². The normalized spacial score (nSPS) is 16.0. The monoisotopic (exact) mass is 390 g/mol. The van der Waals surface area contributed by atoms with Crippen molar-refractivity contribution < 1.29 is 30.9 Å². The van der Waals surface area contributed by atoms with Crippen LogP contribution in [0.2, 0.25) is 0 Å². The summed E-state index contributed by atoms with van der Waals surface area (Å²) < 4.78 is 26.5. The highest BCUT2D eigenvalue weighted by Gasteiger charge is 2.23. The van der Waals surface area contributed by atoms with Gasteiger partial charge in [0.1, 0.15) is 18.2 Å². The summed E-state index contributed by atoms with van der Waals surface area (Å²) in [7, 11) is 0. The minimum atomic E-state index is -0.328. The van der Waals surface area contributed by atoms with Gasteiger partial charge < -0.3 is 22.3 Å². The van der Waals surface area contributed by atoms with Gasteiger partial charge in [-0.3, -0.25) is 4.79 Å². The van der Waals surface area contributed by atoms with Crippen molar-refractivity contribution in [2.24, 2.45) is 0 Å². The highest BCUT2D eigenvalue weighted by Crippen LogP contribution is 2.24. The number of ketones is 1. The van der Waals surface area contributed by atoms with Gasteiger partial charge in [-0.2, -0.15) is 0 Å². The molecule has 6 heteroatoms. The number of aromatic amines is 1. The van der Waals surface area contributed by atoms with E-state index >= 15 is 0 Å². The molecule has 3 nitrogen and oxygen atoms in total. The smallest absolute Gasteiger partial charge is 0.163 e. The van der Waals surface area contributed by atoms with Crippen molar-refractivity contribution in [1.82, 2.24) is 4.98 Å². The molecule has 0 bridgehead atoms. The standard InChI is InChI=1S/C21H20F2N2O.ClH/c22-15-5-3-14(4-6-15)21(26)2-1-10-25-11-9-20-18(13-25)17-12-16(23)7-8-19(17)24-20;/h3-8,12,24H,1-2,9-11,13H2;1H. The predicted molar refractivity (Wildman–Crippen MR) is 96.3 cm³/mol. The van der Waals surface area contributed by atoms with E-state index in [1.165, 1.54) is 46.5 Å². The van der Waals surface area contributed by atoms with E-state index in [1.54, 1.807) is 12.1 Å². The predicted octanol–water partition coefficient (Wildman–Crippen LogP) is 0.0542. The molecule has 1 aliphatic heterocycles. The van der Waals surface area contributed by atoms with Gasteiger partial charge >= 0.3 is 0 Å². The third-order valence-corrected chi connectivity index (χ3v) is 5.21. The van der Waals surface area contributed by atoms with Crippen molar-refractivity contribution in [1.29, 1.82) is 0 Å². The molecule has 0 fully saturated rings. The molecule has 0 saturated carbocycles. The second-order valence-corrected chi connectivity index (χ2v) is 6.98. The fourth-order valence-corrected chi connectivity index (χ4v) is 3.82. The van der Waals surface area contributed by atoms with Crippen LogP contribution in [0, 0.1) is 11.6 Å². The molecule has 1 atom stereocenters. The molecule has 1 unspecified atom stereocenters. The maximum Gasteiger partial charge on any atom is 0.163 e. The summed E-state index contributed by atoms with van der Waals surface area (Å²) in [4.78, 5) is 17.0. The molecule has 27 heavy (non-hydrogen) atoms. The van der Waals surface area contributed by atoms with Crippen molar-refractivity contribution in [3.63, 3.8) is 0 Å². The summed E-state index contributed by atoms with van der Waals surface area (Å²) in [6.45, 7) is 2.75. The van der Waals surface area contributed by atoms with Crippen LogP contribution in [0.15, 0.2) is 42.5 Å². The van der Waals surface area contributed by atoms with Gasteiger partial charge in [0.05, 0.1) is 13.1 Å². The Morgan fingerprint density at radius 1 is 1.07 bits per heavy atom. The lowest BCUT2D eigenvalue weighted by molar-refractivity contribution is -0.916. The van der Waals surface area contributed by atoms with Crippen LogP contribution in [-0.2, 0) is 13.0 Å². The minimum absolute atomic E-state index is 0. The highest BCUT2D eigenvalue weighted by molar-refractivity contribution is 5.95. The number of hydrogen-bond acceptors (Lipinski definition) is 1. The maximum absolute atomic E-state index is 13.6. The van der Waals surface area contributed by atoms with Crippen LogP contribution in [0.5, 0.6) is 0 Å². The summed E-state index contributed by atoms with van der Waals surface area (Å²) in [6.07, 6.45) is 2.19. The van der Waals surface area contributed by atoms with Gasteiger partial charge in [0.2, 0.25) is 0 Å². The number of halogens is 3. The number of Topliss-reactive ketones (excluding diaryl/α,β-unsaturated/α-hetero) is 1. The number of benzene rings is 2. The van der Waals surface area contributed by atoms with Crippen LogP contribution < -0.4 is 17.3 Å². The number of H-pyrrole nitrogens is 1. The van der Waals surface area contributed by atoms with E-state index in [4.69, 9.17) is 0 Å². The van der Waals surface area contributed by atoms with Gasteiger partial charge in [-0.15, -0.1) is 0 Å². The van der Waals surface area contributed by atoms with Crippen molar-refractivity contribution in [3.05, 3.63) is 70.9 Å². The van der Waals surface area contributed by atoms with Gasteiger partial charge in [-0.25, -0.2) is 8.78 Å². The zero-order valence-electron chi connectivity index (χ0n) is 14.8. The molecule has 0 spiro atoms. The average molecular weight is 391 g/mol. The van der Waals surface area contributed by atoms with Gasteiger partial charge in [-0.1, -0.05) is 0 Å². The summed E-state index contributed by atoms with van der Waals surface area (Å²) in [5, 5.41) is 0.972. The van der Waals surface area contributed by atoms with Crippen LogP contribution in [0.25, 0.3) is 10.9 Å². The third-order valence-electron chi connectivity index (χ3n) is 5.21. The molecule has 2 heterocycles. The Labute approximate surface area is 162 Å². The second kappa shape index (κ2) is 8.19. The summed E-state index contributed by atoms with van der Waals surface area (Å²) >= 11 is 0. The molecule has 142 valence electrons. The van der Waals surface area contributed by atoms with Crippen LogP contribution in [-0.4, -0.2) is 23.9 Å². The van der Waals surface area contributed by atoms with E-state index < -0.39 is 0 Å². The zero-order valence-corrected chi connectivity index (χ0v) is 15.6. The Balaban J connectivity index is 0.00000210. The zero-order chi connectivity index (χ0) is 18.1. The van der Waals surface area contributed by atoms with Crippen molar-refractivity contribution in [2.75, 3.05) is 13.1 Å². The molecular weight excluding hydrogens is 370 g/mol. The lowest BCUT2D eigenvalue weighted by Gasteiger charge is -2.24. The van der Waals surface area contributed by atoms with Crippen molar-refractivity contribution >= 4 is 16.7 Å². The summed E-state index contributed by atoms with van der Waals surface area (Å²) in [6, 6.07) is 10.6. The number of quaternary nitrogens is 1. The van der Waals surface area contributed by atoms with E-state index in [0.717, 1.165) is 43.4 Å². The quantitative estimate of drug-likeness (QED) is 0.594. The van der Waals surface area contributed by atoms with Gasteiger partial charge in [-0.05, 0) is 42.5 Å². The lowest BCUT2D eigenvalue weighted by Crippen LogP contribution is -3.11. The van der Waals surface area contributed by atoms with Gasteiger partial charge in [0.25, 0.3) is 0 Å². The number of aromatic nitrogens is 1. The fourth-order valence-electron chi connectivity index (χ4n) is 3.82. The van der Waals surface area contributed by atoms with E-state index in [0.29, 0.717) is 12.0 Å². The van der Waals surface area contributed by atoms with E-state index in [1.807, 2.05) is 0 Å². The lowest BCUT2D eigenvalue weighted by atomic mass is 10.0. The topological polar surface area (TPSA) is 37.3 Å². The summed E-state index contributed by atoms with van der Waals surface area (Å²) in [5.74, 6) is -0.488. The van der Waals surface area contributed by atoms with Gasteiger partial charge in [0.15, 0.2) is 5.78 Å². The SMILES string of the molecule is O=C(CCC[NH+]1CCc2[nH]c3ccc(F)cc3c2C1)c1ccc(F)cc1.[Cl-]. The molecule has 3 aromatic rings. The molecule has 1 aliphatic rings. The first-order valence-corrected chi connectivity index (χ1v) is 9.01. The first-order valence-electron chi connectivity index (χ1n) is 9.01. The van der Waals surface area contributed by atoms with Crippen molar-refractivity contribution in [3.8, 4) is 0 Å². The Bertz CT molecular complexity index is 953. The Morgan fingerprint density at radius 2 is 1.81 bits per heavy atom. The van der Waals surface area contributed by atoms with Gasteiger partial charge in [0, 0.05) is 47.0 Å². The fraction of sp³-hybridized carbons (Fsp3) is 0.286. The largest absolute Gasteiger partial charge is 1.00 e. The molecule has 0 radical (unpaired) electrons. The molecule has 2 N–H and O–H groups in total.